The van der Waals surface area contributed by atoms with Crippen molar-refractivity contribution in [2.24, 2.45) is 11.7 Å². The summed E-state index contributed by atoms with van der Waals surface area (Å²) in [5.41, 5.74) is 3.21. The summed E-state index contributed by atoms with van der Waals surface area (Å²) in [6.45, 7) is 3.54. The van der Waals surface area contributed by atoms with Crippen molar-refractivity contribution < 1.29 is 35.9 Å². The lowest BCUT2D eigenvalue weighted by molar-refractivity contribution is -0.143. The minimum Gasteiger partial charge on any atom is -0.374 e. The van der Waals surface area contributed by atoms with Crippen molar-refractivity contribution in [3.05, 3.63) is 70.8 Å². The summed E-state index contributed by atoms with van der Waals surface area (Å²) >= 11 is 0. The molecule has 1 atom stereocenters. The normalized spacial score (nSPS) is 21.1. The van der Waals surface area contributed by atoms with E-state index in [9.17, 15) is 31.1 Å². The molecule has 2 aromatic rings. The average Bonchev–Trinajstić information content (AvgIpc) is 2.74. The monoisotopic (exact) mass is 490 g/mol. The van der Waals surface area contributed by atoms with Gasteiger partial charge in [-0.3, -0.25) is 4.79 Å². The first-order valence-corrected chi connectivity index (χ1v) is 10.6. The molecule has 10 heteroatoms. The maximum absolute atomic E-state index is 12.9. The van der Waals surface area contributed by atoms with Gasteiger partial charge in [-0.1, -0.05) is 35.9 Å². The number of hydrogen-bond donors (Lipinski definition) is 2. The van der Waals surface area contributed by atoms with E-state index in [1.54, 1.807) is 0 Å². The summed E-state index contributed by atoms with van der Waals surface area (Å²) < 4.78 is 82.9. The van der Waals surface area contributed by atoms with Gasteiger partial charge in [0.15, 0.2) is 0 Å². The third-order valence-electron chi connectivity index (χ3n) is 5.59. The zero-order chi connectivity index (χ0) is 25.7. The van der Waals surface area contributed by atoms with E-state index in [0.717, 1.165) is 0 Å². The minimum absolute atomic E-state index is 0.0777. The van der Waals surface area contributed by atoms with E-state index in [0.29, 0.717) is 25.0 Å². The minimum atomic E-state index is -4.91. The molecule has 1 saturated carbocycles. The topological polar surface area (TPSA) is 64.4 Å². The number of rotatable bonds is 5. The van der Waals surface area contributed by atoms with E-state index < -0.39 is 35.1 Å². The Balaban J connectivity index is 0.000000497. The van der Waals surface area contributed by atoms with Crippen LogP contribution in [0.4, 0.5) is 26.3 Å². The van der Waals surface area contributed by atoms with Gasteiger partial charge < -0.3 is 15.8 Å². The van der Waals surface area contributed by atoms with Gasteiger partial charge in [0.2, 0.25) is 5.91 Å². The van der Waals surface area contributed by atoms with Crippen LogP contribution in [0.5, 0.6) is 0 Å². The van der Waals surface area contributed by atoms with Crippen molar-refractivity contribution in [3.63, 3.8) is 0 Å². The van der Waals surface area contributed by atoms with Crippen LogP contribution in [0.1, 0.15) is 48.1 Å². The molecule has 1 aliphatic rings. The number of likely N-dealkylation sites (N-methyl/N-ethyl adjacent to an activating group) is 1. The number of carbonyl (C=O) groups excluding carboxylic acids is 1. The Morgan fingerprint density at radius 2 is 1.56 bits per heavy atom. The summed E-state index contributed by atoms with van der Waals surface area (Å²) in [6.07, 6.45) is -10.1. The fourth-order valence-electron chi connectivity index (χ4n) is 3.65. The van der Waals surface area contributed by atoms with E-state index in [2.05, 4.69) is 24.4 Å². The number of alkyl halides is 6. The molecule has 3 rings (SSSR count). The van der Waals surface area contributed by atoms with Gasteiger partial charge in [0.05, 0.1) is 29.4 Å². The smallest absolute Gasteiger partial charge is 0.374 e. The second-order valence-electron chi connectivity index (χ2n) is 8.48. The predicted octanol–water partition coefficient (Wildman–Crippen LogP) is 5.65. The number of halogens is 6. The highest BCUT2D eigenvalue weighted by Crippen LogP contribution is 2.39. The number of nitrogens with one attached hydrogen (secondary N) is 1. The lowest BCUT2D eigenvalue weighted by atomic mass is 9.68. The van der Waals surface area contributed by atoms with E-state index in [1.807, 2.05) is 18.2 Å². The van der Waals surface area contributed by atoms with Gasteiger partial charge >= 0.3 is 12.4 Å². The van der Waals surface area contributed by atoms with Gasteiger partial charge in [0.1, 0.15) is 0 Å². The maximum atomic E-state index is 12.9. The predicted molar refractivity (Wildman–Crippen MR) is 116 cm³/mol. The van der Waals surface area contributed by atoms with Gasteiger partial charge in [0, 0.05) is 7.05 Å². The van der Waals surface area contributed by atoms with Crippen molar-refractivity contribution in [1.82, 2.24) is 5.32 Å². The van der Waals surface area contributed by atoms with Crippen LogP contribution in [0, 0.1) is 12.8 Å². The molecule has 0 aromatic heterocycles. The third kappa shape index (κ3) is 7.46. The average molecular weight is 490 g/mol. The Labute approximate surface area is 194 Å². The standard InChI is InChI=1S/C17H20F6N2O2.C7H8/c1-9(27-8-10-6-15(24,7-10)14(26)25-2)11-3-12(16(18,19)20)5-13(4-11)17(21,22)23;1-7-5-3-2-4-6-7/h3-5,9-10H,6-8,24H2,1-2H3,(H,25,26);2-6H,1H3/t9-,10?,15?;/m1./s1. The van der Waals surface area contributed by atoms with Crippen LogP contribution in [0.3, 0.4) is 0 Å². The zero-order valence-corrected chi connectivity index (χ0v) is 19.1. The zero-order valence-electron chi connectivity index (χ0n) is 19.1. The first-order valence-electron chi connectivity index (χ1n) is 10.6. The number of ether oxygens (including phenoxy) is 1. The van der Waals surface area contributed by atoms with E-state index in [-0.39, 0.29) is 30.1 Å². The second kappa shape index (κ2) is 10.8. The number of hydrogen-bond acceptors (Lipinski definition) is 3. The van der Waals surface area contributed by atoms with Gasteiger partial charge in [-0.05, 0) is 56.4 Å². The van der Waals surface area contributed by atoms with Crippen LogP contribution in [0.2, 0.25) is 0 Å². The molecular formula is C24H28F6N2O2. The Morgan fingerprint density at radius 1 is 1.06 bits per heavy atom. The Kier molecular flexibility index (Phi) is 8.76. The van der Waals surface area contributed by atoms with Crippen LogP contribution in [-0.2, 0) is 21.9 Å². The van der Waals surface area contributed by atoms with Crippen LogP contribution in [-0.4, -0.2) is 25.1 Å². The van der Waals surface area contributed by atoms with E-state index in [4.69, 9.17) is 10.5 Å². The fraction of sp³-hybridized carbons (Fsp3) is 0.458. The highest BCUT2D eigenvalue weighted by molar-refractivity contribution is 5.86. The molecular weight excluding hydrogens is 462 g/mol. The van der Waals surface area contributed by atoms with Crippen molar-refractivity contribution in [2.75, 3.05) is 13.7 Å². The van der Waals surface area contributed by atoms with Gasteiger partial charge in [-0.15, -0.1) is 0 Å². The van der Waals surface area contributed by atoms with Crippen molar-refractivity contribution in [2.45, 2.75) is 50.7 Å². The number of carbonyl (C=O) groups is 1. The molecule has 0 heterocycles. The molecule has 0 saturated heterocycles. The number of amides is 1. The molecule has 0 radical (unpaired) electrons. The fourth-order valence-corrected chi connectivity index (χ4v) is 3.65. The third-order valence-corrected chi connectivity index (χ3v) is 5.59. The molecule has 2 aromatic carbocycles. The summed E-state index contributed by atoms with van der Waals surface area (Å²) in [4.78, 5) is 11.6. The Morgan fingerprint density at radius 3 is 1.94 bits per heavy atom. The molecule has 0 unspecified atom stereocenters. The number of aryl methyl sites for hydroxylation is 1. The molecule has 34 heavy (non-hydrogen) atoms. The molecule has 3 N–H and O–H groups in total. The molecule has 0 aliphatic heterocycles. The SMILES string of the molecule is CNC(=O)C1(N)CC(CO[C@H](C)c2cc(C(F)(F)F)cc(C(F)(F)F)c2)C1.Cc1ccccc1. The van der Waals surface area contributed by atoms with Crippen LogP contribution < -0.4 is 11.1 Å². The van der Waals surface area contributed by atoms with Crippen molar-refractivity contribution in [3.8, 4) is 0 Å². The summed E-state index contributed by atoms with van der Waals surface area (Å²) in [7, 11) is 1.45. The first kappa shape index (κ1) is 27.7. The largest absolute Gasteiger partial charge is 0.416 e. The molecule has 4 nitrogen and oxygen atoms in total. The highest BCUT2D eigenvalue weighted by Gasteiger charge is 2.46. The molecule has 1 fully saturated rings. The van der Waals surface area contributed by atoms with E-state index >= 15 is 0 Å². The lowest BCUT2D eigenvalue weighted by Crippen LogP contribution is -2.62. The molecule has 188 valence electrons. The number of benzene rings is 2. The highest BCUT2D eigenvalue weighted by atomic mass is 19.4. The summed E-state index contributed by atoms with van der Waals surface area (Å²) in [6, 6.07) is 11.6. The molecule has 0 bridgehead atoms. The molecule has 0 spiro atoms. The quantitative estimate of drug-likeness (QED) is 0.533. The van der Waals surface area contributed by atoms with Crippen LogP contribution in [0.25, 0.3) is 0 Å². The Bertz CT molecular complexity index is 922. The summed E-state index contributed by atoms with van der Waals surface area (Å²) in [5.74, 6) is -0.415. The second-order valence-corrected chi connectivity index (χ2v) is 8.48. The van der Waals surface area contributed by atoms with Gasteiger partial charge in [-0.25, -0.2) is 0 Å². The Hall–Kier alpha value is -2.59. The first-order chi connectivity index (χ1) is 15.7. The summed E-state index contributed by atoms with van der Waals surface area (Å²) in [5, 5.41) is 2.44. The van der Waals surface area contributed by atoms with Crippen molar-refractivity contribution >= 4 is 5.91 Å². The van der Waals surface area contributed by atoms with Gasteiger partial charge in [0.25, 0.3) is 0 Å². The lowest BCUT2D eigenvalue weighted by Gasteiger charge is -2.43. The maximum Gasteiger partial charge on any atom is 0.416 e. The van der Waals surface area contributed by atoms with Crippen molar-refractivity contribution in [1.29, 1.82) is 0 Å². The molecule has 1 amide bonds. The number of nitrogens with two attached hydrogens (primary N) is 1. The van der Waals surface area contributed by atoms with Gasteiger partial charge in [-0.2, -0.15) is 26.3 Å². The van der Waals surface area contributed by atoms with Crippen LogP contribution >= 0.6 is 0 Å². The molecule has 1 aliphatic carbocycles. The van der Waals surface area contributed by atoms with E-state index in [1.165, 1.54) is 19.5 Å². The van der Waals surface area contributed by atoms with Crippen LogP contribution in [0.15, 0.2) is 48.5 Å².